The largest absolute Gasteiger partial charge is 0.493 e. The van der Waals surface area contributed by atoms with E-state index in [1.165, 1.54) is 7.11 Å². The van der Waals surface area contributed by atoms with E-state index in [1.807, 2.05) is 78.2 Å². The van der Waals surface area contributed by atoms with E-state index in [-0.39, 0.29) is 23.2 Å². The number of rotatable bonds is 8. The third-order valence-corrected chi connectivity index (χ3v) is 8.89. The fourth-order valence-corrected chi connectivity index (χ4v) is 7.01. The minimum atomic E-state index is -0.650. The molecule has 2 heterocycles. The van der Waals surface area contributed by atoms with Gasteiger partial charge in [0.05, 0.1) is 20.3 Å². The highest BCUT2D eigenvalue weighted by Crippen LogP contribution is 2.44. The molecule has 0 radical (unpaired) electrons. The maximum absolute atomic E-state index is 14.0. The van der Waals surface area contributed by atoms with Gasteiger partial charge in [0.15, 0.2) is 11.5 Å². The van der Waals surface area contributed by atoms with Gasteiger partial charge in [-0.1, -0.05) is 66.7 Å². The number of carbonyl (C=O) groups is 2. The molecular formula is C30H28N2O4S2. The molecule has 1 aromatic heterocycles. The minimum absolute atomic E-state index is 0.192. The first-order valence-electron chi connectivity index (χ1n) is 12.2. The number of hydrogen-bond donors (Lipinski definition) is 1. The van der Waals surface area contributed by atoms with Crippen LogP contribution in [0, 0.1) is 0 Å². The van der Waals surface area contributed by atoms with Gasteiger partial charge >= 0.3 is 0 Å². The van der Waals surface area contributed by atoms with Crippen LogP contribution in [-0.2, 0) is 4.79 Å². The number of hydrogen-bond acceptors (Lipinski definition) is 6. The van der Waals surface area contributed by atoms with Gasteiger partial charge in [-0.25, -0.2) is 0 Å². The molecule has 194 valence electrons. The van der Waals surface area contributed by atoms with Crippen LogP contribution < -0.4 is 14.8 Å². The van der Waals surface area contributed by atoms with Gasteiger partial charge in [-0.15, -0.1) is 23.1 Å². The molecule has 0 aliphatic carbocycles. The molecule has 4 aromatic rings. The molecule has 2 amide bonds. The Kier molecular flexibility index (Phi) is 8.00. The summed E-state index contributed by atoms with van der Waals surface area (Å²) in [6.07, 6.45) is 0. The van der Waals surface area contributed by atoms with E-state index in [4.69, 9.17) is 9.47 Å². The first kappa shape index (κ1) is 25.9. The number of thiophene rings is 1. The monoisotopic (exact) mass is 544 g/mol. The molecule has 0 saturated carbocycles. The molecule has 1 aliphatic heterocycles. The predicted molar refractivity (Wildman–Crippen MR) is 152 cm³/mol. The Morgan fingerprint density at radius 1 is 0.868 bits per heavy atom. The normalized spacial score (nSPS) is 16.9. The van der Waals surface area contributed by atoms with E-state index in [9.17, 15) is 9.59 Å². The van der Waals surface area contributed by atoms with Gasteiger partial charge in [-0.3, -0.25) is 9.59 Å². The average Bonchev–Trinajstić information content (AvgIpc) is 3.66. The van der Waals surface area contributed by atoms with Crippen LogP contribution >= 0.6 is 23.1 Å². The Bertz CT molecular complexity index is 1340. The van der Waals surface area contributed by atoms with Crippen molar-refractivity contribution in [3.8, 4) is 11.5 Å². The molecule has 1 saturated heterocycles. The Hall–Kier alpha value is -3.75. The van der Waals surface area contributed by atoms with Crippen LogP contribution in [0.25, 0.3) is 0 Å². The summed E-state index contributed by atoms with van der Waals surface area (Å²) in [7, 11) is 3.09. The Labute approximate surface area is 230 Å². The number of nitrogens with zero attached hydrogens (tertiary/aromatic N) is 1. The quantitative estimate of drug-likeness (QED) is 0.298. The van der Waals surface area contributed by atoms with Crippen molar-refractivity contribution in [2.45, 2.75) is 17.5 Å². The first-order valence-corrected chi connectivity index (χ1v) is 14.1. The van der Waals surface area contributed by atoms with Gasteiger partial charge < -0.3 is 19.7 Å². The molecule has 5 rings (SSSR count). The smallest absolute Gasteiger partial charge is 0.255 e. The number of carbonyl (C=O) groups excluding carboxylic acids is 2. The molecule has 0 spiro atoms. The van der Waals surface area contributed by atoms with Crippen molar-refractivity contribution < 1.29 is 19.1 Å². The molecule has 1 fully saturated rings. The fraction of sp³-hybridized carbons (Fsp3) is 0.200. The van der Waals surface area contributed by atoms with E-state index in [0.717, 1.165) is 16.0 Å². The lowest BCUT2D eigenvalue weighted by molar-refractivity contribution is -0.125. The van der Waals surface area contributed by atoms with Crippen LogP contribution in [0.3, 0.4) is 0 Å². The summed E-state index contributed by atoms with van der Waals surface area (Å²) in [5, 5.41) is 4.97. The molecule has 8 heteroatoms. The zero-order valence-corrected chi connectivity index (χ0v) is 22.7. The van der Waals surface area contributed by atoms with Crippen LogP contribution in [0.1, 0.15) is 37.8 Å². The SMILES string of the molecule is COc1ccc(C(=O)N2C(C(=O)NC(c3ccccc3)c3ccccc3)CSC2c2cccs2)cc1OC. The van der Waals surface area contributed by atoms with E-state index in [0.29, 0.717) is 22.8 Å². The predicted octanol–water partition coefficient (Wildman–Crippen LogP) is 5.93. The van der Waals surface area contributed by atoms with E-state index in [2.05, 4.69) is 5.32 Å². The summed E-state index contributed by atoms with van der Waals surface area (Å²) in [5.41, 5.74) is 2.39. The number of ether oxygens (including phenoxy) is 2. The van der Waals surface area contributed by atoms with Gasteiger partial charge in [0, 0.05) is 16.2 Å². The maximum Gasteiger partial charge on any atom is 0.255 e. The van der Waals surface area contributed by atoms with Crippen molar-refractivity contribution in [2.75, 3.05) is 20.0 Å². The van der Waals surface area contributed by atoms with E-state index < -0.39 is 6.04 Å². The van der Waals surface area contributed by atoms with Crippen LogP contribution in [-0.4, -0.2) is 42.7 Å². The Morgan fingerprint density at radius 2 is 1.53 bits per heavy atom. The molecule has 1 N–H and O–H groups in total. The standard InChI is InChI=1S/C30H28N2O4S2/c1-35-24-16-15-22(18-25(24)36-2)29(34)32-23(19-38-30(32)26-14-9-17-37-26)28(33)31-27(20-10-5-3-6-11-20)21-12-7-4-8-13-21/h3-18,23,27,30H,19H2,1-2H3,(H,31,33). The van der Waals surface area contributed by atoms with Crippen LogP contribution in [0.2, 0.25) is 0 Å². The third kappa shape index (κ3) is 5.28. The van der Waals surface area contributed by atoms with Crippen LogP contribution in [0.5, 0.6) is 11.5 Å². The average molecular weight is 545 g/mol. The lowest BCUT2D eigenvalue weighted by Crippen LogP contribution is -2.48. The highest BCUT2D eigenvalue weighted by molar-refractivity contribution is 7.99. The van der Waals surface area contributed by atoms with Crippen molar-refractivity contribution in [1.29, 1.82) is 0 Å². The zero-order valence-electron chi connectivity index (χ0n) is 21.1. The third-order valence-electron chi connectivity index (χ3n) is 6.51. The molecule has 2 atom stereocenters. The fourth-order valence-electron chi connectivity index (χ4n) is 4.61. The summed E-state index contributed by atoms with van der Waals surface area (Å²) in [5.74, 6) is 1.07. The number of methoxy groups -OCH3 is 2. The number of thioether (sulfide) groups is 1. The second-order valence-electron chi connectivity index (χ2n) is 8.76. The molecule has 1 aliphatic rings. The Morgan fingerprint density at radius 3 is 2.11 bits per heavy atom. The lowest BCUT2D eigenvalue weighted by Gasteiger charge is -2.30. The summed E-state index contributed by atoms with van der Waals surface area (Å²) in [6.45, 7) is 0. The molecule has 38 heavy (non-hydrogen) atoms. The van der Waals surface area contributed by atoms with Crippen molar-refractivity contribution in [3.63, 3.8) is 0 Å². The highest BCUT2D eigenvalue weighted by Gasteiger charge is 2.43. The lowest BCUT2D eigenvalue weighted by atomic mass is 9.98. The van der Waals surface area contributed by atoms with E-state index in [1.54, 1.807) is 53.3 Å². The topological polar surface area (TPSA) is 67.9 Å². The number of amides is 2. The first-order chi connectivity index (χ1) is 18.6. The van der Waals surface area contributed by atoms with Crippen molar-refractivity contribution in [2.24, 2.45) is 0 Å². The summed E-state index contributed by atoms with van der Waals surface area (Å²) in [4.78, 5) is 30.7. The zero-order chi connectivity index (χ0) is 26.5. The summed E-state index contributed by atoms with van der Waals surface area (Å²) >= 11 is 3.18. The second kappa shape index (κ2) is 11.8. The van der Waals surface area contributed by atoms with Gasteiger partial charge in [0.1, 0.15) is 11.4 Å². The van der Waals surface area contributed by atoms with E-state index >= 15 is 0 Å². The Balaban J connectivity index is 1.48. The van der Waals surface area contributed by atoms with Gasteiger partial charge in [-0.2, -0.15) is 0 Å². The highest BCUT2D eigenvalue weighted by atomic mass is 32.2. The van der Waals surface area contributed by atoms with Crippen molar-refractivity contribution in [1.82, 2.24) is 10.2 Å². The summed E-state index contributed by atoms with van der Waals surface area (Å²) < 4.78 is 10.8. The molecule has 6 nitrogen and oxygen atoms in total. The molecule has 2 unspecified atom stereocenters. The number of benzene rings is 3. The number of nitrogens with one attached hydrogen (secondary N) is 1. The molecular weight excluding hydrogens is 516 g/mol. The minimum Gasteiger partial charge on any atom is -0.493 e. The van der Waals surface area contributed by atoms with Crippen molar-refractivity contribution >= 4 is 34.9 Å². The second-order valence-corrected chi connectivity index (χ2v) is 10.9. The van der Waals surface area contributed by atoms with Crippen molar-refractivity contribution in [3.05, 3.63) is 118 Å². The van der Waals surface area contributed by atoms with Gasteiger partial charge in [0.2, 0.25) is 5.91 Å². The summed E-state index contributed by atoms with van der Waals surface area (Å²) in [6, 6.07) is 27.8. The molecule has 3 aromatic carbocycles. The van der Waals surface area contributed by atoms with Crippen LogP contribution in [0.4, 0.5) is 0 Å². The van der Waals surface area contributed by atoms with Crippen LogP contribution in [0.15, 0.2) is 96.4 Å². The van der Waals surface area contributed by atoms with Gasteiger partial charge in [0.25, 0.3) is 5.91 Å². The maximum atomic E-state index is 14.0. The molecule has 0 bridgehead atoms. The van der Waals surface area contributed by atoms with Gasteiger partial charge in [-0.05, 0) is 40.8 Å².